The van der Waals surface area contributed by atoms with Crippen LogP contribution in [0.2, 0.25) is 5.02 Å². The number of hydrogen-bond acceptors (Lipinski definition) is 8. The number of nitrogens with zero attached hydrogens (tertiary/aromatic N) is 6. The number of aryl methyl sites for hydroxylation is 1. The van der Waals surface area contributed by atoms with Crippen molar-refractivity contribution >= 4 is 34.7 Å². The number of aromatic nitrogens is 4. The number of thiophene rings is 1. The lowest BCUT2D eigenvalue weighted by Crippen LogP contribution is -2.48. The Morgan fingerprint density at radius 1 is 1.06 bits per heavy atom. The van der Waals surface area contributed by atoms with E-state index in [4.69, 9.17) is 16.3 Å². The Balaban J connectivity index is 1.45. The first-order valence-electron chi connectivity index (χ1n) is 9.97. The van der Waals surface area contributed by atoms with Gasteiger partial charge < -0.3 is 14.5 Å². The van der Waals surface area contributed by atoms with Crippen LogP contribution in [0.4, 0.5) is 24.9 Å². The molecule has 0 bridgehead atoms. The predicted molar refractivity (Wildman–Crippen MR) is 120 cm³/mol. The van der Waals surface area contributed by atoms with Gasteiger partial charge in [-0.2, -0.15) is 28.1 Å². The summed E-state index contributed by atoms with van der Waals surface area (Å²) in [7, 11) is 1.51. The van der Waals surface area contributed by atoms with Crippen LogP contribution < -0.4 is 20.2 Å². The summed E-state index contributed by atoms with van der Waals surface area (Å²) in [4.78, 5) is 29.2. The molecule has 1 fully saturated rings. The van der Waals surface area contributed by atoms with Gasteiger partial charge in [-0.15, -0.1) is 11.3 Å². The van der Waals surface area contributed by atoms with Gasteiger partial charge in [0.25, 0.3) is 0 Å². The van der Waals surface area contributed by atoms with Gasteiger partial charge in [0.05, 0.1) is 13.7 Å². The molecule has 0 aromatic carbocycles. The van der Waals surface area contributed by atoms with Crippen molar-refractivity contribution in [2.75, 3.05) is 43.1 Å². The van der Waals surface area contributed by atoms with Gasteiger partial charge in [-0.25, -0.2) is 4.79 Å². The molecule has 0 radical (unpaired) electrons. The van der Waals surface area contributed by atoms with Crippen LogP contribution in [0, 0.1) is 6.92 Å². The van der Waals surface area contributed by atoms with Crippen molar-refractivity contribution in [3.63, 3.8) is 0 Å². The summed E-state index contributed by atoms with van der Waals surface area (Å²) in [5.74, 6) is 1.78. The summed E-state index contributed by atoms with van der Waals surface area (Å²) in [6.45, 7) is 4.01. The third-order valence-corrected chi connectivity index (χ3v) is 6.62. The summed E-state index contributed by atoms with van der Waals surface area (Å²) in [5.41, 5.74) is -0.550. The summed E-state index contributed by atoms with van der Waals surface area (Å²) < 4.78 is 45.0. The molecule has 8 nitrogen and oxygen atoms in total. The van der Waals surface area contributed by atoms with E-state index in [1.807, 2.05) is 11.0 Å². The average molecular weight is 501 g/mol. The van der Waals surface area contributed by atoms with E-state index in [2.05, 4.69) is 19.9 Å². The number of anilines is 2. The zero-order valence-electron chi connectivity index (χ0n) is 17.8. The molecule has 1 aliphatic rings. The second-order valence-corrected chi connectivity index (χ2v) is 8.91. The Hall–Kier alpha value is -2.86. The summed E-state index contributed by atoms with van der Waals surface area (Å²) >= 11 is 6.65. The number of alkyl halides is 3. The molecule has 1 saturated heterocycles. The highest BCUT2D eigenvalue weighted by Gasteiger charge is 2.32. The predicted octanol–water partition coefficient (Wildman–Crippen LogP) is 3.46. The Morgan fingerprint density at radius 2 is 1.76 bits per heavy atom. The molecule has 1 aliphatic heterocycles. The third-order valence-electron chi connectivity index (χ3n) is 5.21. The average Bonchev–Trinajstić information content (AvgIpc) is 3.26. The van der Waals surface area contributed by atoms with E-state index < -0.39 is 16.7 Å². The minimum Gasteiger partial charge on any atom is -0.480 e. The van der Waals surface area contributed by atoms with Crippen molar-refractivity contribution in [2.45, 2.75) is 19.6 Å². The van der Waals surface area contributed by atoms with Gasteiger partial charge in [0.1, 0.15) is 21.5 Å². The highest BCUT2D eigenvalue weighted by Crippen LogP contribution is 2.34. The number of methoxy groups -OCH3 is 1. The van der Waals surface area contributed by atoms with Crippen LogP contribution in [0.1, 0.15) is 15.6 Å². The normalized spacial score (nSPS) is 14.6. The molecule has 0 amide bonds. The number of ether oxygens (including phenoxy) is 1. The lowest BCUT2D eigenvalue weighted by atomic mass is 10.3. The molecule has 33 heavy (non-hydrogen) atoms. The van der Waals surface area contributed by atoms with E-state index in [0.717, 1.165) is 11.9 Å². The maximum absolute atomic E-state index is 12.8. The molecule has 0 N–H and O–H groups in total. The Morgan fingerprint density at radius 3 is 2.36 bits per heavy atom. The van der Waals surface area contributed by atoms with Gasteiger partial charge >= 0.3 is 11.9 Å². The Bertz CT molecular complexity index is 1210. The molecule has 4 rings (SSSR count). The fraction of sp³-hybridized carbons (Fsp3) is 0.400. The number of halogens is 4. The van der Waals surface area contributed by atoms with Crippen molar-refractivity contribution in [3.8, 4) is 5.88 Å². The third kappa shape index (κ3) is 5.06. The van der Waals surface area contributed by atoms with E-state index in [9.17, 15) is 18.0 Å². The van der Waals surface area contributed by atoms with Gasteiger partial charge in [0.15, 0.2) is 0 Å². The van der Waals surface area contributed by atoms with Crippen LogP contribution in [-0.2, 0) is 12.7 Å². The standard InChI is InChI=1S/C20H20ClF3N6O2S/c1-12-25-18(27-19(31)30(12)11-13-3-5-15(33-13)20(22,23)24)29-9-7-28(8-10-29)16-6-4-14(21)17(26-16)32-2/h3-6H,7-11H2,1-2H3. The van der Waals surface area contributed by atoms with Gasteiger partial charge in [0, 0.05) is 31.1 Å². The molecular formula is C20H20ClF3N6O2S. The number of pyridine rings is 1. The van der Waals surface area contributed by atoms with Crippen LogP contribution in [0.15, 0.2) is 29.1 Å². The first-order chi connectivity index (χ1) is 15.7. The summed E-state index contributed by atoms with van der Waals surface area (Å²) in [6.07, 6.45) is -4.40. The molecule has 0 spiro atoms. The van der Waals surface area contributed by atoms with E-state index in [1.54, 1.807) is 13.0 Å². The van der Waals surface area contributed by atoms with E-state index in [-0.39, 0.29) is 6.54 Å². The lowest BCUT2D eigenvalue weighted by Gasteiger charge is -2.35. The molecule has 0 saturated carbocycles. The maximum atomic E-state index is 12.8. The first-order valence-corrected chi connectivity index (χ1v) is 11.2. The number of hydrogen-bond donors (Lipinski definition) is 0. The monoisotopic (exact) mass is 500 g/mol. The summed E-state index contributed by atoms with van der Waals surface area (Å²) in [6, 6.07) is 5.93. The highest BCUT2D eigenvalue weighted by atomic mass is 35.5. The second-order valence-electron chi connectivity index (χ2n) is 7.34. The SMILES string of the molecule is COc1nc(N2CCN(c3nc(C)n(Cc4ccc(C(F)(F)F)s4)c(=O)n3)CC2)ccc1Cl. The van der Waals surface area contributed by atoms with Gasteiger partial charge in [-0.3, -0.25) is 4.57 Å². The molecule has 0 atom stereocenters. The zero-order chi connectivity index (χ0) is 23.8. The lowest BCUT2D eigenvalue weighted by molar-refractivity contribution is -0.134. The Labute approximate surface area is 196 Å². The van der Waals surface area contributed by atoms with Crippen molar-refractivity contribution < 1.29 is 17.9 Å². The highest BCUT2D eigenvalue weighted by molar-refractivity contribution is 7.12. The van der Waals surface area contributed by atoms with Gasteiger partial charge in [-0.1, -0.05) is 11.6 Å². The van der Waals surface area contributed by atoms with E-state index in [0.29, 0.717) is 65.1 Å². The van der Waals surface area contributed by atoms with Gasteiger partial charge in [-0.05, 0) is 31.2 Å². The minimum absolute atomic E-state index is 0.0104. The van der Waals surface area contributed by atoms with Crippen LogP contribution in [0.5, 0.6) is 5.88 Å². The molecule has 3 aromatic heterocycles. The molecule has 3 aromatic rings. The molecule has 13 heteroatoms. The quantitative estimate of drug-likeness (QED) is 0.531. The second kappa shape index (κ2) is 9.18. The minimum atomic E-state index is -4.40. The molecule has 4 heterocycles. The van der Waals surface area contributed by atoms with Crippen LogP contribution in [-0.4, -0.2) is 52.8 Å². The first kappa shape index (κ1) is 23.3. The van der Waals surface area contributed by atoms with E-state index in [1.165, 1.54) is 17.7 Å². The fourth-order valence-corrected chi connectivity index (χ4v) is 4.52. The van der Waals surface area contributed by atoms with Gasteiger partial charge in [0.2, 0.25) is 11.8 Å². The van der Waals surface area contributed by atoms with Crippen LogP contribution in [0.25, 0.3) is 0 Å². The van der Waals surface area contributed by atoms with Crippen LogP contribution in [0.3, 0.4) is 0 Å². The molecule has 176 valence electrons. The summed E-state index contributed by atoms with van der Waals surface area (Å²) in [5, 5.41) is 0.432. The number of piperazine rings is 1. The van der Waals surface area contributed by atoms with Crippen LogP contribution >= 0.6 is 22.9 Å². The number of rotatable bonds is 5. The smallest absolute Gasteiger partial charge is 0.425 e. The molecular weight excluding hydrogens is 481 g/mol. The molecule has 0 aliphatic carbocycles. The zero-order valence-corrected chi connectivity index (χ0v) is 19.3. The topological polar surface area (TPSA) is 76.4 Å². The maximum Gasteiger partial charge on any atom is 0.425 e. The van der Waals surface area contributed by atoms with Crippen molar-refractivity contribution in [1.29, 1.82) is 0 Å². The van der Waals surface area contributed by atoms with Crippen molar-refractivity contribution in [3.05, 3.63) is 55.4 Å². The van der Waals surface area contributed by atoms with Crippen molar-refractivity contribution in [2.24, 2.45) is 0 Å². The van der Waals surface area contributed by atoms with E-state index >= 15 is 0 Å². The fourth-order valence-electron chi connectivity index (χ4n) is 3.48. The largest absolute Gasteiger partial charge is 0.480 e. The molecule has 0 unspecified atom stereocenters. The Kier molecular flexibility index (Phi) is 6.48. The van der Waals surface area contributed by atoms with Crippen molar-refractivity contribution in [1.82, 2.24) is 19.5 Å².